The van der Waals surface area contributed by atoms with E-state index in [-0.39, 0.29) is 42.4 Å². The number of aryl methyl sites for hydroxylation is 1. The Kier molecular flexibility index (Phi) is 11.3. The average Bonchev–Trinajstić information content (AvgIpc) is 3.94. The first-order chi connectivity index (χ1) is 30.1. The van der Waals surface area contributed by atoms with Crippen LogP contribution >= 0.6 is 0 Å². The van der Waals surface area contributed by atoms with E-state index in [1.807, 2.05) is 49.4 Å². The number of carbonyl (C=O) groups excluding carboxylic acids is 4. The van der Waals surface area contributed by atoms with Gasteiger partial charge in [-0.1, -0.05) is 57.9 Å². The number of benzene rings is 1. The fourth-order valence-electron chi connectivity index (χ4n) is 9.18. The highest BCUT2D eigenvalue weighted by molar-refractivity contribution is 7.91. The first-order valence-electron chi connectivity index (χ1n) is 22.4. The number of ether oxygens (including phenoxy) is 2. The Labute approximate surface area is 366 Å². The van der Waals surface area contributed by atoms with E-state index in [1.54, 1.807) is 0 Å². The topological polar surface area (TPSA) is 212 Å². The fraction of sp³-hybridized carbons (Fsp3) is 0.565. The zero-order chi connectivity index (χ0) is 44.3. The maximum Gasteiger partial charge on any atom is 0.408 e. The summed E-state index contributed by atoms with van der Waals surface area (Å²) >= 11 is 0. The molecule has 336 valence electrons. The summed E-state index contributed by atoms with van der Waals surface area (Å²) < 4.78 is 53.2. The monoisotopic (exact) mass is 884 g/mol. The van der Waals surface area contributed by atoms with Crippen LogP contribution in [0.25, 0.3) is 33.5 Å². The summed E-state index contributed by atoms with van der Waals surface area (Å²) in [7, 11) is -3.93. The lowest BCUT2D eigenvalue weighted by molar-refractivity contribution is -0.141. The van der Waals surface area contributed by atoms with Crippen LogP contribution in [0.5, 0.6) is 5.88 Å². The molecule has 63 heavy (non-hydrogen) atoms. The van der Waals surface area contributed by atoms with Gasteiger partial charge >= 0.3 is 6.09 Å². The normalized spacial score (nSPS) is 26.6. The van der Waals surface area contributed by atoms with Crippen LogP contribution in [-0.2, 0) is 34.6 Å². The molecule has 5 atom stereocenters. The number of sulfonamides is 1. The van der Waals surface area contributed by atoms with E-state index in [1.165, 1.54) is 4.90 Å². The molecule has 3 aromatic heterocycles. The molecule has 0 radical (unpaired) electrons. The van der Waals surface area contributed by atoms with Gasteiger partial charge in [-0.15, -0.1) is 0 Å². The second-order valence-electron chi connectivity index (χ2n) is 19.0. The first-order valence-corrected chi connectivity index (χ1v) is 23.9. The lowest BCUT2D eigenvalue weighted by Gasteiger charge is -2.30. The molecule has 5 heterocycles. The smallest absolute Gasteiger partial charge is 0.408 e. The number of carbonyl (C=O) groups is 4. The molecule has 0 unspecified atom stereocenters. The van der Waals surface area contributed by atoms with Crippen LogP contribution in [-0.4, -0.2) is 88.7 Å². The van der Waals surface area contributed by atoms with Gasteiger partial charge in [-0.25, -0.2) is 18.2 Å². The van der Waals surface area contributed by atoms with Gasteiger partial charge in [0.2, 0.25) is 27.4 Å². The number of hydrogen-bond donors (Lipinski definition) is 3. The molecule has 1 saturated heterocycles. The summed E-state index contributed by atoms with van der Waals surface area (Å²) in [5, 5.41) is 5.84. The second kappa shape index (κ2) is 16.6. The van der Waals surface area contributed by atoms with Crippen LogP contribution < -0.4 is 20.1 Å². The van der Waals surface area contributed by atoms with E-state index in [0.29, 0.717) is 60.4 Å². The van der Waals surface area contributed by atoms with Crippen molar-refractivity contribution in [1.82, 2.24) is 30.2 Å². The predicted octanol–water partition coefficient (Wildman–Crippen LogP) is 6.63. The number of para-hydroxylation sites is 1. The van der Waals surface area contributed by atoms with E-state index in [9.17, 15) is 27.6 Å². The molecule has 0 bridgehead atoms. The van der Waals surface area contributed by atoms with Gasteiger partial charge in [0, 0.05) is 23.1 Å². The van der Waals surface area contributed by atoms with Gasteiger partial charge in [-0.2, -0.15) is 4.98 Å². The number of hydrogen-bond acceptors (Lipinski definition) is 12. The summed E-state index contributed by atoms with van der Waals surface area (Å²) in [5.74, 6) is -0.582. The van der Waals surface area contributed by atoms with Crippen molar-refractivity contribution in [2.75, 3.05) is 6.54 Å². The molecule has 1 aromatic carbocycles. The van der Waals surface area contributed by atoms with E-state index >= 15 is 0 Å². The third-order valence-electron chi connectivity index (χ3n) is 13.1. The Morgan fingerprint density at radius 2 is 1.73 bits per heavy atom. The summed E-state index contributed by atoms with van der Waals surface area (Å²) in [6.45, 7) is 7.92. The minimum atomic E-state index is -3.93. The van der Waals surface area contributed by atoms with Gasteiger partial charge in [-0.3, -0.25) is 19.1 Å². The Hall–Kier alpha value is -5.45. The van der Waals surface area contributed by atoms with Gasteiger partial charge in [0.25, 0.3) is 11.8 Å². The Morgan fingerprint density at radius 1 is 0.968 bits per heavy atom. The molecule has 4 fully saturated rings. The van der Waals surface area contributed by atoms with Crippen LogP contribution in [0.3, 0.4) is 0 Å². The highest BCUT2D eigenvalue weighted by Gasteiger charge is 2.62. The third kappa shape index (κ3) is 8.77. The molecular formula is C46H56N6O10S. The molecule has 17 heteroatoms. The van der Waals surface area contributed by atoms with Crippen LogP contribution in [0.2, 0.25) is 0 Å². The van der Waals surface area contributed by atoms with Crippen molar-refractivity contribution >= 4 is 55.9 Å². The largest absolute Gasteiger partial charge is 0.470 e. The molecule has 3 saturated carbocycles. The van der Waals surface area contributed by atoms with Crippen molar-refractivity contribution in [2.45, 2.75) is 152 Å². The number of aromatic nitrogens is 2. The Balaban J connectivity index is 1.06. The van der Waals surface area contributed by atoms with Gasteiger partial charge < -0.3 is 33.8 Å². The zero-order valence-electron chi connectivity index (χ0n) is 36.2. The lowest BCUT2D eigenvalue weighted by atomic mass is 9.93. The van der Waals surface area contributed by atoms with E-state index in [2.05, 4.69) is 36.1 Å². The number of allylic oxidation sites excluding steroid dienone is 1. The van der Waals surface area contributed by atoms with E-state index in [0.717, 1.165) is 49.7 Å². The fourth-order valence-corrected chi connectivity index (χ4v) is 10.5. The number of furan rings is 2. The predicted molar refractivity (Wildman–Crippen MR) is 232 cm³/mol. The van der Waals surface area contributed by atoms with Crippen molar-refractivity contribution in [1.29, 1.82) is 0 Å². The molecule has 4 aromatic rings. The molecule has 2 aliphatic heterocycles. The number of alkyl carbamates (subject to hydrolysis) is 1. The maximum atomic E-state index is 14.8. The molecule has 0 spiro atoms. The lowest BCUT2D eigenvalue weighted by Crippen LogP contribution is -2.58. The minimum absolute atomic E-state index is 0.0185. The maximum absolute atomic E-state index is 14.8. The average molecular weight is 885 g/mol. The molecule has 3 aliphatic carbocycles. The molecule has 9 rings (SSSR count). The van der Waals surface area contributed by atoms with Gasteiger partial charge in [0.05, 0.1) is 17.4 Å². The number of fused-ring (bicyclic) bond motifs is 5. The number of nitrogens with zero attached hydrogens (tertiary/aromatic N) is 3. The number of rotatable bonds is 8. The van der Waals surface area contributed by atoms with Gasteiger partial charge in [0.15, 0.2) is 5.82 Å². The summed E-state index contributed by atoms with van der Waals surface area (Å²) in [5.41, 5.74) is 0.203. The Bertz CT molecular complexity index is 2590. The number of amides is 4. The first kappa shape index (κ1) is 42.8. The van der Waals surface area contributed by atoms with Crippen LogP contribution in [0, 0.1) is 12.8 Å². The highest BCUT2D eigenvalue weighted by atomic mass is 32.2. The van der Waals surface area contributed by atoms with Crippen molar-refractivity contribution in [3.05, 3.63) is 54.0 Å². The van der Waals surface area contributed by atoms with Gasteiger partial charge in [-0.05, 0) is 89.3 Å². The highest BCUT2D eigenvalue weighted by Crippen LogP contribution is 2.46. The van der Waals surface area contributed by atoms with Crippen LogP contribution in [0.4, 0.5) is 4.79 Å². The molecule has 3 N–H and O–H groups in total. The molecule has 5 aliphatic rings. The minimum Gasteiger partial charge on any atom is -0.470 e. The standard InChI is InChI=1S/C46H56N6O10S/c1-26-32(23-36(59-26)45(2,3)4)39-48-37-31-17-12-13-19-35(31)62-38(37)41(49-39)60-29-22-34-40(53)50-46(43(55)51-63(57,58)30-20-21-30)24-27(46)14-8-6-5-7-9-18-33(42(54)52(34)25-29)47-44(56)61-28-15-10-11-16-28/h8,12-14,17,19,23,27-30,33-34H,5-7,9-11,15-16,18,20-22,24-25H2,1-4H3,(H,47,56)(H,50,53)(H,51,55)/b14-8-/t27-,29-,33+,34+,46-/m1/s1. The summed E-state index contributed by atoms with van der Waals surface area (Å²) in [4.78, 5) is 68.0. The summed E-state index contributed by atoms with van der Waals surface area (Å²) in [6, 6.07) is 7.19. The second-order valence-corrected chi connectivity index (χ2v) is 20.9. The van der Waals surface area contributed by atoms with E-state index in [4.69, 9.17) is 28.3 Å². The van der Waals surface area contributed by atoms with E-state index < -0.39 is 68.7 Å². The van der Waals surface area contributed by atoms with Crippen LogP contribution in [0.15, 0.2) is 51.3 Å². The van der Waals surface area contributed by atoms with Crippen molar-refractivity contribution in [2.24, 2.45) is 5.92 Å². The van der Waals surface area contributed by atoms with Crippen molar-refractivity contribution in [3.8, 4) is 17.3 Å². The van der Waals surface area contributed by atoms with Crippen molar-refractivity contribution in [3.63, 3.8) is 0 Å². The number of nitrogens with one attached hydrogen (secondary N) is 3. The molecular weight excluding hydrogens is 829 g/mol. The third-order valence-corrected chi connectivity index (χ3v) is 14.9. The van der Waals surface area contributed by atoms with Crippen molar-refractivity contribution < 1.29 is 45.9 Å². The van der Waals surface area contributed by atoms with Crippen LogP contribution in [0.1, 0.15) is 116 Å². The zero-order valence-corrected chi connectivity index (χ0v) is 37.1. The quantitative estimate of drug-likeness (QED) is 0.159. The summed E-state index contributed by atoms with van der Waals surface area (Å²) in [6.07, 6.45) is 9.77. The molecule has 16 nitrogen and oxygen atoms in total. The molecule has 4 amide bonds. The Morgan fingerprint density at radius 3 is 2.48 bits per heavy atom. The SMILES string of the molecule is Cc1oc(C(C)(C)C)cc1-c1nc(O[C@@H]2C[C@H]3C(=O)N[C@]4(C(=O)NS(=O)(=O)C5CC5)C[C@H]4/C=C\CCCCC[C@H](NC(=O)OC4CCCC4)C(=O)N3C2)c2oc3ccccc3c2n1. The van der Waals surface area contributed by atoms with Gasteiger partial charge in [0.1, 0.15) is 52.5 Å².